The number of rotatable bonds is 8. The molecule has 0 fully saturated rings. The zero-order chi connectivity index (χ0) is 23.4. The highest BCUT2D eigenvalue weighted by molar-refractivity contribution is 5.81. The molecular weight excluding hydrogens is 408 g/mol. The molecule has 0 bridgehead atoms. The van der Waals surface area contributed by atoms with Crippen LogP contribution in [0.5, 0.6) is 5.88 Å². The van der Waals surface area contributed by atoms with Crippen molar-refractivity contribution in [3.05, 3.63) is 107 Å². The van der Waals surface area contributed by atoms with Crippen molar-refractivity contribution in [3.8, 4) is 5.88 Å². The van der Waals surface area contributed by atoms with Gasteiger partial charge in [0.1, 0.15) is 5.60 Å². The van der Waals surface area contributed by atoms with Crippen LogP contribution in [0.15, 0.2) is 84.9 Å². The standard InChI is InChI=1S/C29H32N2O2/c1-21-15-16-26-23(19-21)20-25(28(30-26)33-4)27(22-11-7-5-8-12-22)29(32,17-18-31(2)3)24-13-9-6-10-14-24/h5-16,19-20,27,32H,17-18H2,1-4H3. The van der Waals surface area contributed by atoms with Crippen molar-refractivity contribution in [3.63, 3.8) is 0 Å². The van der Waals surface area contributed by atoms with E-state index in [2.05, 4.69) is 42.2 Å². The van der Waals surface area contributed by atoms with Gasteiger partial charge in [-0.15, -0.1) is 0 Å². The van der Waals surface area contributed by atoms with E-state index in [0.717, 1.165) is 34.1 Å². The molecule has 4 rings (SSSR count). The molecule has 4 heteroatoms. The molecule has 0 saturated carbocycles. The summed E-state index contributed by atoms with van der Waals surface area (Å²) in [6, 6.07) is 28.5. The van der Waals surface area contributed by atoms with Crippen molar-refractivity contribution >= 4 is 10.9 Å². The lowest BCUT2D eigenvalue weighted by Crippen LogP contribution is -2.37. The molecule has 0 radical (unpaired) electrons. The van der Waals surface area contributed by atoms with E-state index in [4.69, 9.17) is 9.72 Å². The predicted molar refractivity (Wildman–Crippen MR) is 135 cm³/mol. The number of hydrogen-bond acceptors (Lipinski definition) is 4. The summed E-state index contributed by atoms with van der Waals surface area (Å²) < 4.78 is 5.81. The van der Waals surface area contributed by atoms with E-state index >= 15 is 0 Å². The predicted octanol–water partition coefficient (Wildman–Crippen LogP) is 5.52. The minimum atomic E-state index is -1.17. The monoisotopic (exact) mass is 440 g/mol. The molecule has 3 aromatic carbocycles. The van der Waals surface area contributed by atoms with Gasteiger partial charge in [0.2, 0.25) is 5.88 Å². The van der Waals surface area contributed by atoms with Crippen molar-refractivity contribution in [2.45, 2.75) is 24.9 Å². The zero-order valence-electron chi connectivity index (χ0n) is 19.8. The fourth-order valence-electron chi connectivity index (χ4n) is 4.60. The number of aliphatic hydroxyl groups is 1. The zero-order valence-corrected chi connectivity index (χ0v) is 19.8. The number of pyridine rings is 1. The average Bonchev–Trinajstić information content (AvgIpc) is 2.83. The summed E-state index contributed by atoms with van der Waals surface area (Å²) in [4.78, 5) is 6.95. The molecule has 4 nitrogen and oxygen atoms in total. The first-order chi connectivity index (χ1) is 15.9. The number of fused-ring (bicyclic) bond motifs is 1. The summed E-state index contributed by atoms with van der Waals surface area (Å²) in [7, 11) is 5.71. The molecule has 0 aliphatic rings. The van der Waals surface area contributed by atoms with Crippen LogP contribution in [0.1, 0.15) is 34.6 Å². The van der Waals surface area contributed by atoms with E-state index in [-0.39, 0.29) is 5.92 Å². The third-order valence-corrected chi connectivity index (χ3v) is 6.29. The fourth-order valence-corrected chi connectivity index (χ4v) is 4.60. The highest BCUT2D eigenvalue weighted by Gasteiger charge is 2.42. The van der Waals surface area contributed by atoms with E-state index in [1.807, 2.05) is 68.7 Å². The summed E-state index contributed by atoms with van der Waals surface area (Å²) in [5, 5.41) is 13.6. The number of methoxy groups -OCH3 is 1. The van der Waals surface area contributed by atoms with Gasteiger partial charge in [-0.1, -0.05) is 72.3 Å². The summed E-state index contributed by atoms with van der Waals surface area (Å²) in [6.45, 7) is 2.81. The Morgan fingerprint density at radius 2 is 1.61 bits per heavy atom. The van der Waals surface area contributed by atoms with Crippen molar-refractivity contribution in [1.29, 1.82) is 0 Å². The SMILES string of the molecule is COc1nc2ccc(C)cc2cc1C(c1ccccc1)C(O)(CCN(C)C)c1ccccc1. The third-order valence-electron chi connectivity index (χ3n) is 6.29. The first-order valence-corrected chi connectivity index (χ1v) is 11.4. The van der Waals surface area contributed by atoms with Crippen molar-refractivity contribution in [2.75, 3.05) is 27.7 Å². The number of hydrogen-bond donors (Lipinski definition) is 1. The maximum absolute atomic E-state index is 12.5. The topological polar surface area (TPSA) is 45.6 Å². The van der Waals surface area contributed by atoms with Crippen LogP contribution in [-0.2, 0) is 5.60 Å². The molecule has 1 heterocycles. The lowest BCUT2D eigenvalue weighted by atomic mass is 9.71. The van der Waals surface area contributed by atoms with Crippen LogP contribution in [0.25, 0.3) is 10.9 Å². The quantitative estimate of drug-likeness (QED) is 0.392. The lowest BCUT2D eigenvalue weighted by Gasteiger charge is -2.39. The molecule has 170 valence electrons. The van der Waals surface area contributed by atoms with Gasteiger partial charge in [0.15, 0.2) is 0 Å². The lowest BCUT2D eigenvalue weighted by molar-refractivity contribution is 0.00380. The van der Waals surface area contributed by atoms with Gasteiger partial charge in [0, 0.05) is 23.4 Å². The molecule has 0 saturated heterocycles. The van der Waals surface area contributed by atoms with E-state index in [1.165, 1.54) is 5.56 Å². The van der Waals surface area contributed by atoms with Gasteiger partial charge in [-0.25, -0.2) is 4.98 Å². The van der Waals surface area contributed by atoms with Gasteiger partial charge < -0.3 is 14.7 Å². The normalized spacial score (nSPS) is 14.2. The third kappa shape index (κ3) is 4.77. The molecule has 0 aliphatic carbocycles. The molecule has 0 amide bonds. The number of aryl methyl sites for hydroxylation is 1. The summed E-state index contributed by atoms with van der Waals surface area (Å²) >= 11 is 0. The van der Waals surface area contributed by atoms with Gasteiger partial charge in [0.25, 0.3) is 0 Å². The van der Waals surface area contributed by atoms with Crippen molar-refractivity contribution < 1.29 is 9.84 Å². The molecule has 2 unspecified atom stereocenters. The Balaban J connectivity index is 2.00. The molecule has 0 spiro atoms. The summed E-state index contributed by atoms with van der Waals surface area (Å²) in [5.41, 5.74) is 3.67. The highest BCUT2D eigenvalue weighted by atomic mass is 16.5. The largest absolute Gasteiger partial charge is 0.481 e. The smallest absolute Gasteiger partial charge is 0.217 e. The van der Waals surface area contributed by atoms with E-state index < -0.39 is 5.60 Å². The first kappa shape index (κ1) is 23.0. The van der Waals surface area contributed by atoms with E-state index in [1.54, 1.807) is 7.11 Å². The van der Waals surface area contributed by atoms with Crippen LogP contribution >= 0.6 is 0 Å². The number of nitrogens with zero attached hydrogens (tertiary/aromatic N) is 2. The van der Waals surface area contributed by atoms with Gasteiger partial charge >= 0.3 is 0 Å². The Bertz CT molecular complexity index is 1210. The molecule has 1 aromatic heterocycles. The summed E-state index contributed by atoms with van der Waals surface area (Å²) in [5.74, 6) is 0.174. The second-order valence-corrected chi connectivity index (χ2v) is 8.97. The number of ether oxygens (including phenoxy) is 1. The minimum Gasteiger partial charge on any atom is -0.481 e. The first-order valence-electron chi connectivity index (χ1n) is 11.4. The molecule has 0 aliphatic heterocycles. The number of benzene rings is 3. The van der Waals surface area contributed by atoms with E-state index in [0.29, 0.717) is 12.3 Å². The maximum atomic E-state index is 12.5. The van der Waals surface area contributed by atoms with Crippen LogP contribution in [0.4, 0.5) is 0 Å². The molecule has 1 N–H and O–H groups in total. The van der Waals surface area contributed by atoms with Crippen LogP contribution in [0, 0.1) is 6.92 Å². The van der Waals surface area contributed by atoms with Gasteiger partial charge in [-0.3, -0.25) is 0 Å². The average molecular weight is 441 g/mol. The Kier molecular flexibility index (Phi) is 6.77. The molecule has 2 atom stereocenters. The van der Waals surface area contributed by atoms with Crippen LogP contribution in [0.2, 0.25) is 0 Å². The second kappa shape index (κ2) is 9.74. The molecule has 33 heavy (non-hydrogen) atoms. The summed E-state index contributed by atoms with van der Waals surface area (Å²) in [6.07, 6.45) is 0.554. The number of aromatic nitrogens is 1. The Morgan fingerprint density at radius 3 is 2.24 bits per heavy atom. The molecule has 4 aromatic rings. The van der Waals surface area contributed by atoms with Gasteiger partial charge in [-0.05, 0) is 56.8 Å². The van der Waals surface area contributed by atoms with Crippen molar-refractivity contribution in [1.82, 2.24) is 9.88 Å². The van der Waals surface area contributed by atoms with Crippen LogP contribution in [-0.4, -0.2) is 42.7 Å². The minimum absolute atomic E-state index is 0.367. The van der Waals surface area contributed by atoms with E-state index in [9.17, 15) is 5.11 Å². The van der Waals surface area contributed by atoms with Crippen LogP contribution in [0.3, 0.4) is 0 Å². The highest BCUT2D eigenvalue weighted by Crippen LogP contribution is 2.47. The Labute approximate surface area is 196 Å². The Hall–Kier alpha value is -3.21. The maximum Gasteiger partial charge on any atom is 0.217 e. The Morgan fingerprint density at radius 1 is 0.939 bits per heavy atom. The fraction of sp³-hybridized carbons (Fsp3) is 0.276. The van der Waals surface area contributed by atoms with Crippen molar-refractivity contribution in [2.24, 2.45) is 0 Å². The molecular formula is C29H32N2O2. The van der Waals surface area contributed by atoms with Gasteiger partial charge in [0.05, 0.1) is 12.6 Å². The second-order valence-electron chi connectivity index (χ2n) is 8.97. The van der Waals surface area contributed by atoms with Gasteiger partial charge in [-0.2, -0.15) is 0 Å². The van der Waals surface area contributed by atoms with Crippen LogP contribution < -0.4 is 4.74 Å².